The van der Waals surface area contributed by atoms with E-state index in [0.29, 0.717) is 30.4 Å². The molecule has 0 heterocycles. The Kier molecular flexibility index (Phi) is 8.27. The Hall–Kier alpha value is -3.28. The van der Waals surface area contributed by atoms with Gasteiger partial charge in [-0.2, -0.15) is 0 Å². The summed E-state index contributed by atoms with van der Waals surface area (Å²) in [5.41, 5.74) is 3.12. The molecule has 0 fully saturated rings. The number of nitrogens with one attached hydrogen (secondary N) is 3. The van der Waals surface area contributed by atoms with E-state index in [1.54, 1.807) is 24.3 Å². The lowest BCUT2D eigenvalue weighted by Crippen LogP contribution is -2.21. The van der Waals surface area contributed by atoms with Crippen LogP contribution in [0.1, 0.15) is 27.2 Å². The maximum Gasteiger partial charge on any atom is 0.243 e. The average molecular weight is 396 g/mol. The number of amides is 2. The van der Waals surface area contributed by atoms with Gasteiger partial charge in [0.15, 0.2) is 0 Å². The fraction of sp³-hybridized carbons (Fsp3) is 0.304. The largest absolute Gasteiger partial charge is 0.489 e. The Bertz CT molecular complexity index is 845. The summed E-state index contributed by atoms with van der Waals surface area (Å²) in [4.78, 5) is 24.0. The van der Waals surface area contributed by atoms with Crippen LogP contribution in [0.3, 0.4) is 0 Å². The minimum absolute atomic E-state index is 0.00505. The monoisotopic (exact) mass is 395 g/mol. The third-order valence-electron chi connectivity index (χ3n) is 3.82. The van der Waals surface area contributed by atoms with Gasteiger partial charge in [-0.05, 0) is 54.8 Å². The van der Waals surface area contributed by atoms with Gasteiger partial charge >= 0.3 is 0 Å². The molecule has 29 heavy (non-hydrogen) atoms. The van der Waals surface area contributed by atoms with Crippen molar-refractivity contribution in [2.45, 2.75) is 27.2 Å². The second kappa shape index (κ2) is 10.9. The second-order valence-electron chi connectivity index (χ2n) is 7.40. The topological polar surface area (TPSA) is 79.5 Å². The van der Waals surface area contributed by atoms with Gasteiger partial charge in [0.25, 0.3) is 0 Å². The zero-order chi connectivity index (χ0) is 21.2. The summed E-state index contributed by atoms with van der Waals surface area (Å²) in [6.07, 6.45) is 0.486. The smallest absolute Gasteiger partial charge is 0.243 e. The van der Waals surface area contributed by atoms with Crippen LogP contribution >= 0.6 is 0 Å². The van der Waals surface area contributed by atoms with Gasteiger partial charge in [0.1, 0.15) is 12.4 Å². The van der Waals surface area contributed by atoms with E-state index in [1.165, 1.54) is 0 Å². The van der Waals surface area contributed by atoms with Crippen LogP contribution in [0.25, 0.3) is 0 Å². The van der Waals surface area contributed by atoms with Gasteiger partial charge in [-0.15, -0.1) is 0 Å². The van der Waals surface area contributed by atoms with Crippen LogP contribution in [-0.2, 0) is 9.59 Å². The van der Waals surface area contributed by atoms with Crippen molar-refractivity contribution in [3.05, 3.63) is 60.7 Å². The molecular weight excluding hydrogens is 366 g/mol. The molecular formula is C23H29N3O3. The Morgan fingerprint density at radius 1 is 0.966 bits per heavy atom. The molecule has 0 saturated heterocycles. The van der Waals surface area contributed by atoms with Crippen molar-refractivity contribution in [1.29, 1.82) is 0 Å². The summed E-state index contributed by atoms with van der Waals surface area (Å²) in [5, 5.41) is 8.76. The van der Waals surface area contributed by atoms with Crippen LogP contribution in [0.4, 0.5) is 17.1 Å². The summed E-state index contributed by atoms with van der Waals surface area (Å²) in [7, 11) is 0. The summed E-state index contributed by atoms with van der Waals surface area (Å²) >= 11 is 0. The molecule has 6 nitrogen and oxygen atoms in total. The fourth-order valence-corrected chi connectivity index (χ4v) is 2.51. The number of hydrogen-bond donors (Lipinski definition) is 3. The molecule has 0 aliphatic rings. The summed E-state index contributed by atoms with van der Waals surface area (Å²) in [6, 6.07) is 14.5. The molecule has 0 atom stereocenters. The zero-order valence-corrected chi connectivity index (χ0v) is 17.2. The van der Waals surface area contributed by atoms with Crippen molar-refractivity contribution in [3.63, 3.8) is 0 Å². The number of carbonyl (C=O) groups is 2. The molecule has 6 heteroatoms. The van der Waals surface area contributed by atoms with E-state index in [4.69, 9.17) is 4.74 Å². The van der Waals surface area contributed by atoms with Crippen molar-refractivity contribution in [3.8, 4) is 5.75 Å². The highest BCUT2D eigenvalue weighted by Gasteiger charge is 2.06. The highest BCUT2D eigenvalue weighted by atomic mass is 16.5. The molecule has 0 bridgehead atoms. The number of hydrogen-bond acceptors (Lipinski definition) is 4. The molecule has 3 N–H and O–H groups in total. The van der Waals surface area contributed by atoms with Gasteiger partial charge in [-0.1, -0.05) is 26.5 Å². The van der Waals surface area contributed by atoms with Crippen LogP contribution in [0.2, 0.25) is 0 Å². The Morgan fingerprint density at radius 2 is 1.62 bits per heavy atom. The van der Waals surface area contributed by atoms with E-state index >= 15 is 0 Å². The van der Waals surface area contributed by atoms with E-state index in [1.807, 2.05) is 45.0 Å². The van der Waals surface area contributed by atoms with Crippen LogP contribution in [-0.4, -0.2) is 25.0 Å². The quantitative estimate of drug-likeness (QED) is 0.511. The van der Waals surface area contributed by atoms with Gasteiger partial charge in [0, 0.05) is 29.5 Å². The third kappa shape index (κ3) is 8.51. The first-order valence-electron chi connectivity index (χ1n) is 9.62. The molecule has 0 aromatic heterocycles. The van der Waals surface area contributed by atoms with E-state index in [0.717, 1.165) is 16.9 Å². The highest BCUT2D eigenvalue weighted by molar-refractivity contribution is 5.94. The van der Waals surface area contributed by atoms with Crippen molar-refractivity contribution in [2.24, 2.45) is 5.92 Å². The second-order valence-corrected chi connectivity index (χ2v) is 7.40. The Labute approximate surface area is 172 Å². The predicted molar refractivity (Wildman–Crippen MR) is 118 cm³/mol. The molecule has 2 aromatic carbocycles. The molecule has 0 saturated carbocycles. The molecule has 2 amide bonds. The lowest BCUT2D eigenvalue weighted by molar-refractivity contribution is -0.117. The van der Waals surface area contributed by atoms with Gasteiger partial charge in [-0.25, -0.2) is 0 Å². The van der Waals surface area contributed by atoms with E-state index < -0.39 is 0 Å². The van der Waals surface area contributed by atoms with Crippen LogP contribution in [0, 0.1) is 5.92 Å². The van der Waals surface area contributed by atoms with Crippen molar-refractivity contribution in [2.75, 3.05) is 29.1 Å². The summed E-state index contributed by atoms with van der Waals surface area (Å²) < 4.78 is 5.58. The fourth-order valence-electron chi connectivity index (χ4n) is 2.51. The zero-order valence-electron chi connectivity index (χ0n) is 17.2. The van der Waals surface area contributed by atoms with Gasteiger partial charge < -0.3 is 20.7 Å². The first kappa shape index (κ1) is 22.0. The van der Waals surface area contributed by atoms with Gasteiger partial charge in [0.05, 0.1) is 6.54 Å². The number of anilines is 3. The normalized spacial score (nSPS) is 10.3. The van der Waals surface area contributed by atoms with E-state index in [-0.39, 0.29) is 18.4 Å². The van der Waals surface area contributed by atoms with Gasteiger partial charge in [0.2, 0.25) is 11.8 Å². The first-order chi connectivity index (χ1) is 13.8. The van der Waals surface area contributed by atoms with E-state index in [9.17, 15) is 9.59 Å². The number of ether oxygens (including phenoxy) is 1. The minimum Gasteiger partial charge on any atom is -0.489 e. The Morgan fingerprint density at radius 3 is 2.28 bits per heavy atom. The standard InChI is InChI=1S/C23H29N3O3/c1-16(2)12-22(27)25-19-10-8-18(9-11-19)24-14-23(28)26-20-6-5-7-21(13-20)29-15-17(3)4/h5-11,13,16,24H,3,12,14-15H2,1-2,4H3,(H,25,27)(H,26,28). The van der Waals surface area contributed by atoms with Crippen molar-refractivity contribution < 1.29 is 14.3 Å². The molecule has 0 aliphatic carbocycles. The molecule has 2 rings (SSSR count). The van der Waals surface area contributed by atoms with Crippen LogP contribution in [0.15, 0.2) is 60.7 Å². The molecule has 0 radical (unpaired) electrons. The number of rotatable bonds is 10. The SMILES string of the molecule is C=C(C)COc1cccc(NC(=O)CNc2ccc(NC(=O)CC(C)C)cc2)c1. The van der Waals surface area contributed by atoms with Crippen molar-refractivity contribution in [1.82, 2.24) is 0 Å². The van der Waals surface area contributed by atoms with Crippen LogP contribution < -0.4 is 20.7 Å². The number of benzene rings is 2. The molecule has 0 spiro atoms. The maximum atomic E-state index is 12.2. The summed E-state index contributed by atoms with van der Waals surface area (Å²) in [5.74, 6) is 0.813. The maximum absolute atomic E-state index is 12.2. The molecule has 0 unspecified atom stereocenters. The molecule has 2 aromatic rings. The van der Waals surface area contributed by atoms with E-state index in [2.05, 4.69) is 22.5 Å². The highest BCUT2D eigenvalue weighted by Crippen LogP contribution is 2.18. The van der Waals surface area contributed by atoms with Crippen molar-refractivity contribution >= 4 is 28.9 Å². The minimum atomic E-state index is -0.170. The molecule has 154 valence electrons. The third-order valence-corrected chi connectivity index (χ3v) is 3.82. The molecule has 0 aliphatic heterocycles. The van der Waals surface area contributed by atoms with Crippen LogP contribution in [0.5, 0.6) is 5.75 Å². The number of carbonyl (C=O) groups excluding carboxylic acids is 2. The average Bonchev–Trinajstić information content (AvgIpc) is 2.65. The lowest BCUT2D eigenvalue weighted by atomic mass is 10.1. The lowest BCUT2D eigenvalue weighted by Gasteiger charge is -2.11. The first-order valence-corrected chi connectivity index (χ1v) is 9.62. The Balaban J connectivity index is 1.81. The van der Waals surface area contributed by atoms with Gasteiger partial charge in [-0.3, -0.25) is 9.59 Å². The summed E-state index contributed by atoms with van der Waals surface area (Å²) in [6.45, 7) is 10.3. The predicted octanol–water partition coefficient (Wildman–Crippen LogP) is 4.68.